The maximum atomic E-state index is 13.1. The van der Waals surface area contributed by atoms with Crippen molar-refractivity contribution in [1.29, 1.82) is 0 Å². The third-order valence-electron chi connectivity index (χ3n) is 6.69. The molecule has 27 heavy (non-hydrogen) atoms. The highest BCUT2D eigenvalue weighted by molar-refractivity contribution is 5.78. The van der Waals surface area contributed by atoms with Crippen molar-refractivity contribution < 1.29 is 9.90 Å². The Morgan fingerprint density at radius 1 is 0.926 bits per heavy atom. The Balaban J connectivity index is 1.47. The number of rotatable bonds is 5. The largest absolute Gasteiger partial charge is 0.393 e. The van der Waals surface area contributed by atoms with Crippen molar-refractivity contribution in [3.63, 3.8) is 0 Å². The number of nitrogens with zero attached hydrogens (tertiary/aromatic N) is 1. The second-order valence-corrected chi connectivity index (χ2v) is 8.35. The van der Waals surface area contributed by atoms with Gasteiger partial charge in [-0.1, -0.05) is 60.7 Å². The van der Waals surface area contributed by atoms with Gasteiger partial charge in [-0.15, -0.1) is 0 Å². The monoisotopic (exact) mass is 363 g/mol. The number of benzene rings is 2. The van der Waals surface area contributed by atoms with Gasteiger partial charge in [-0.25, -0.2) is 0 Å². The van der Waals surface area contributed by atoms with Crippen LogP contribution in [0.25, 0.3) is 0 Å². The molecule has 4 atom stereocenters. The molecule has 142 valence electrons. The van der Waals surface area contributed by atoms with Gasteiger partial charge in [0.1, 0.15) is 0 Å². The van der Waals surface area contributed by atoms with Gasteiger partial charge < -0.3 is 10.0 Å². The van der Waals surface area contributed by atoms with Crippen LogP contribution in [0, 0.1) is 11.8 Å². The van der Waals surface area contributed by atoms with Crippen LogP contribution in [-0.4, -0.2) is 35.1 Å². The number of aliphatic hydroxyl groups is 1. The summed E-state index contributed by atoms with van der Waals surface area (Å²) in [7, 11) is 1.97. The van der Waals surface area contributed by atoms with Gasteiger partial charge in [-0.05, 0) is 48.6 Å². The second-order valence-electron chi connectivity index (χ2n) is 8.35. The number of fused-ring (bicyclic) bond motifs is 1. The zero-order valence-electron chi connectivity index (χ0n) is 16.0. The van der Waals surface area contributed by atoms with E-state index >= 15 is 0 Å². The Morgan fingerprint density at radius 3 is 1.89 bits per heavy atom. The predicted molar refractivity (Wildman–Crippen MR) is 107 cm³/mol. The van der Waals surface area contributed by atoms with Gasteiger partial charge in [0.05, 0.1) is 6.10 Å². The van der Waals surface area contributed by atoms with Crippen molar-refractivity contribution in [3.8, 4) is 0 Å². The second kappa shape index (κ2) is 7.85. The van der Waals surface area contributed by atoms with E-state index in [0.717, 1.165) is 25.7 Å². The molecule has 0 aromatic heterocycles. The van der Waals surface area contributed by atoms with Crippen LogP contribution >= 0.6 is 0 Å². The summed E-state index contributed by atoms with van der Waals surface area (Å²) in [6.07, 6.45) is 4.30. The molecule has 0 saturated heterocycles. The lowest BCUT2D eigenvalue weighted by atomic mass is 9.88. The van der Waals surface area contributed by atoms with Crippen LogP contribution in [0.3, 0.4) is 0 Å². The summed E-state index contributed by atoms with van der Waals surface area (Å²) < 4.78 is 0. The molecule has 2 aromatic carbocycles. The lowest BCUT2D eigenvalue weighted by Crippen LogP contribution is -2.36. The van der Waals surface area contributed by atoms with E-state index in [1.165, 1.54) is 11.1 Å². The molecule has 2 fully saturated rings. The Hall–Kier alpha value is -2.13. The molecule has 0 spiro atoms. The van der Waals surface area contributed by atoms with E-state index in [-0.39, 0.29) is 17.9 Å². The van der Waals surface area contributed by atoms with Crippen LogP contribution in [0.5, 0.6) is 0 Å². The summed E-state index contributed by atoms with van der Waals surface area (Å²) in [5.74, 6) is 1.50. The normalized spacial score (nSPS) is 26.9. The highest BCUT2D eigenvalue weighted by Gasteiger charge is 2.43. The summed E-state index contributed by atoms with van der Waals surface area (Å²) in [4.78, 5) is 15.1. The summed E-state index contributed by atoms with van der Waals surface area (Å²) in [6.45, 7) is 0. The highest BCUT2D eigenvalue weighted by atomic mass is 16.3. The van der Waals surface area contributed by atoms with E-state index in [0.29, 0.717) is 24.3 Å². The minimum Gasteiger partial charge on any atom is -0.393 e. The quantitative estimate of drug-likeness (QED) is 0.864. The standard InChI is InChI=1S/C24H29NO2/c1-25(21-12-19-14-22(26)15-20(19)13-21)24(27)16-23(17-8-4-2-5-9-17)18-10-6-3-7-11-18/h2-11,19-23,26H,12-16H2,1H3/t19-,20+,21?,22?. The van der Waals surface area contributed by atoms with Crippen molar-refractivity contribution >= 4 is 5.91 Å². The van der Waals surface area contributed by atoms with Crippen molar-refractivity contribution in [2.45, 2.75) is 50.2 Å². The van der Waals surface area contributed by atoms with Crippen LogP contribution < -0.4 is 0 Å². The Labute approximate surface area is 162 Å². The highest BCUT2D eigenvalue weighted by Crippen LogP contribution is 2.45. The number of hydrogen-bond donors (Lipinski definition) is 1. The van der Waals surface area contributed by atoms with Crippen molar-refractivity contribution in [2.75, 3.05) is 7.05 Å². The summed E-state index contributed by atoms with van der Waals surface area (Å²) in [5.41, 5.74) is 2.38. The topological polar surface area (TPSA) is 40.5 Å². The Kier molecular flexibility index (Phi) is 5.31. The van der Waals surface area contributed by atoms with Gasteiger partial charge in [0.2, 0.25) is 5.91 Å². The molecule has 2 aliphatic rings. The van der Waals surface area contributed by atoms with Crippen LogP contribution in [0.15, 0.2) is 60.7 Å². The minimum atomic E-state index is -0.123. The number of carbonyl (C=O) groups excluding carboxylic acids is 1. The van der Waals surface area contributed by atoms with Gasteiger partial charge in [-0.2, -0.15) is 0 Å². The zero-order valence-corrected chi connectivity index (χ0v) is 16.0. The summed E-state index contributed by atoms with van der Waals surface area (Å²) in [6, 6.07) is 21.0. The molecule has 0 heterocycles. The average molecular weight is 364 g/mol. The van der Waals surface area contributed by atoms with E-state index in [2.05, 4.69) is 24.3 Å². The number of carbonyl (C=O) groups is 1. The van der Waals surface area contributed by atoms with Crippen LogP contribution in [-0.2, 0) is 4.79 Å². The van der Waals surface area contributed by atoms with Crippen LogP contribution in [0.4, 0.5) is 0 Å². The summed E-state index contributed by atoms with van der Waals surface area (Å²) >= 11 is 0. The molecule has 0 bridgehead atoms. The predicted octanol–water partition coefficient (Wildman–Crippen LogP) is 4.22. The molecule has 4 rings (SSSR count). The van der Waals surface area contributed by atoms with Crippen LogP contribution in [0.2, 0.25) is 0 Å². The Bertz CT molecular complexity index is 707. The molecule has 2 unspecified atom stereocenters. The fourth-order valence-corrected chi connectivity index (χ4v) is 5.19. The van der Waals surface area contributed by atoms with Crippen molar-refractivity contribution in [1.82, 2.24) is 4.90 Å². The van der Waals surface area contributed by atoms with E-state index in [9.17, 15) is 9.90 Å². The first-order valence-electron chi connectivity index (χ1n) is 10.2. The number of hydrogen-bond acceptors (Lipinski definition) is 2. The number of amides is 1. The first kappa shape index (κ1) is 18.2. The maximum Gasteiger partial charge on any atom is 0.223 e. The van der Waals surface area contributed by atoms with Gasteiger partial charge in [0, 0.05) is 25.4 Å². The van der Waals surface area contributed by atoms with Gasteiger partial charge >= 0.3 is 0 Å². The molecule has 3 nitrogen and oxygen atoms in total. The van der Waals surface area contributed by atoms with Crippen molar-refractivity contribution in [3.05, 3.63) is 71.8 Å². The lowest BCUT2D eigenvalue weighted by molar-refractivity contribution is -0.132. The van der Waals surface area contributed by atoms with Gasteiger partial charge in [-0.3, -0.25) is 4.79 Å². The van der Waals surface area contributed by atoms with Crippen LogP contribution in [0.1, 0.15) is 49.1 Å². The maximum absolute atomic E-state index is 13.1. The molecule has 1 amide bonds. The third kappa shape index (κ3) is 3.93. The minimum absolute atomic E-state index is 0.0880. The average Bonchev–Trinajstić information content (AvgIpc) is 3.24. The third-order valence-corrected chi connectivity index (χ3v) is 6.69. The van der Waals surface area contributed by atoms with Crippen molar-refractivity contribution in [2.24, 2.45) is 11.8 Å². The molecule has 2 saturated carbocycles. The molecule has 0 radical (unpaired) electrons. The first-order chi connectivity index (χ1) is 13.1. The van der Waals surface area contributed by atoms with E-state index in [1.54, 1.807) is 0 Å². The summed E-state index contributed by atoms with van der Waals surface area (Å²) in [5, 5.41) is 9.86. The van der Waals surface area contributed by atoms with E-state index in [4.69, 9.17) is 0 Å². The Morgan fingerprint density at radius 2 is 1.41 bits per heavy atom. The molecular weight excluding hydrogens is 334 g/mol. The molecule has 3 heteroatoms. The molecule has 2 aromatic rings. The van der Waals surface area contributed by atoms with Gasteiger partial charge in [0.25, 0.3) is 0 Å². The molecular formula is C24H29NO2. The van der Waals surface area contributed by atoms with E-state index in [1.807, 2.05) is 48.3 Å². The molecule has 0 aliphatic heterocycles. The number of aliphatic hydroxyl groups excluding tert-OH is 1. The molecule has 1 N–H and O–H groups in total. The fraction of sp³-hybridized carbons (Fsp3) is 0.458. The fourth-order valence-electron chi connectivity index (χ4n) is 5.19. The smallest absolute Gasteiger partial charge is 0.223 e. The molecule has 2 aliphatic carbocycles. The van der Waals surface area contributed by atoms with Gasteiger partial charge in [0.15, 0.2) is 0 Å². The lowest BCUT2D eigenvalue weighted by Gasteiger charge is -2.28. The first-order valence-corrected chi connectivity index (χ1v) is 10.2. The SMILES string of the molecule is CN(C(=O)CC(c1ccccc1)c1ccccc1)C1C[C@H]2CC(O)C[C@H]2C1. The zero-order chi connectivity index (χ0) is 18.8. The van der Waals surface area contributed by atoms with E-state index < -0.39 is 0 Å².